The standard InChI is InChI=1S/2C19H30O3.Ca/c2*1-2-3-4-5-6-7-8-9-10-11-12-16-13-14-18(20)17(15-16)19(21)22;/h2*13-15,20H,2-12H2,1H3,(H,21,22);/q;;+2/p-2. The van der Waals surface area contributed by atoms with Gasteiger partial charge in [0.05, 0.1) is 5.97 Å². The Hall–Kier alpha value is -1.76. The van der Waals surface area contributed by atoms with Crippen LogP contribution in [0.25, 0.3) is 0 Å². The van der Waals surface area contributed by atoms with Gasteiger partial charge in [0.25, 0.3) is 0 Å². The molecule has 0 saturated heterocycles. The van der Waals surface area contributed by atoms with Crippen LogP contribution in [-0.4, -0.2) is 59.9 Å². The van der Waals surface area contributed by atoms with Crippen molar-refractivity contribution in [3.63, 3.8) is 0 Å². The zero-order valence-electron chi connectivity index (χ0n) is 28.3. The fourth-order valence-electron chi connectivity index (χ4n) is 5.44. The Morgan fingerprint density at radius 3 is 1.31 bits per heavy atom. The maximum atomic E-state index is 11.3. The van der Waals surface area contributed by atoms with Crippen molar-refractivity contribution < 1.29 is 30.0 Å². The van der Waals surface area contributed by atoms with Gasteiger partial charge in [-0.3, -0.25) is 0 Å². The van der Waals surface area contributed by atoms with Crippen molar-refractivity contribution in [3.05, 3.63) is 58.7 Å². The summed E-state index contributed by atoms with van der Waals surface area (Å²) in [5.74, 6) is -3.07. The number of carboxylic acid groups (broad SMARTS) is 2. The van der Waals surface area contributed by atoms with Crippen LogP contribution in [0.3, 0.4) is 0 Å². The van der Waals surface area contributed by atoms with Crippen LogP contribution in [0.5, 0.6) is 11.5 Å². The summed E-state index contributed by atoms with van der Waals surface area (Å²) in [4.78, 5) is 21.8. The number of carboxylic acids is 2. The molecule has 0 amide bonds. The number of rotatable bonds is 24. The molecule has 248 valence electrons. The summed E-state index contributed by atoms with van der Waals surface area (Å²) < 4.78 is 0. The molecule has 0 fully saturated rings. The minimum atomic E-state index is -1.38. The third-order valence-electron chi connectivity index (χ3n) is 8.19. The molecule has 0 unspecified atom stereocenters. The molecule has 0 radical (unpaired) electrons. The van der Waals surface area contributed by atoms with Crippen molar-refractivity contribution in [2.24, 2.45) is 0 Å². The molecule has 7 heteroatoms. The number of carbonyl (C=O) groups excluding carboxylic acids is 1. The number of hydrogen-bond acceptors (Lipinski definition) is 5. The molecule has 6 nitrogen and oxygen atoms in total. The Kier molecular flexibility index (Phi) is 27.3. The summed E-state index contributed by atoms with van der Waals surface area (Å²) in [6.45, 7) is 4.48. The number of phenols is 1. The molecule has 45 heavy (non-hydrogen) atoms. The second-order valence-electron chi connectivity index (χ2n) is 12.1. The molecule has 0 saturated carbocycles. The molecule has 0 heterocycles. The summed E-state index contributed by atoms with van der Waals surface area (Å²) in [6.07, 6.45) is 27.5. The Morgan fingerprint density at radius 2 is 0.933 bits per heavy atom. The van der Waals surface area contributed by atoms with Gasteiger partial charge >= 0.3 is 43.7 Å². The van der Waals surface area contributed by atoms with E-state index < -0.39 is 17.7 Å². The fraction of sp³-hybridized carbons (Fsp3) is 0.632. The average Bonchev–Trinajstić information content (AvgIpc) is 3.00. The first-order valence-electron chi connectivity index (χ1n) is 17.4. The van der Waals surface area contributed by atoms with E-state index in [0.717, 1.165) is 43.2 Å². The Balaban J connectivity index is 0.000000842. The first-order chi connectivity index (χ1) is 21.3. The molecular weight excluding hydrogens is 592 g/mol. The van der Waals surface area contributed by atoms with Crippen LogP contribution >= 0.6 is 0 Å². The summed E-state index contributed by atoms with van der Waals surface area (Å²) in [5, 5.41) is 40.6. The Bertz CT molecular complexity index is 971. The van der Waals surface area contributed by atoms with Gasteiger partial charge in [0, 0.05) is 0 Å². The number of benzene rings is 2. The Labute approximate surface area is 303 Å². The maximum absolute atomic E-state index is 11.3. The van der Waals surface area contributed by atoms with Crippen LogP contribution in [0.15, 0.2) is 36.4 Å². The van der Waals surface area contributed by atoms with Crippen LogP contribution in [0, 0.1) is 0 Å². The fourth-order valence-corrected chi connectivity index (χ4v) is 5.44. The van der Waals surface area contributed by atoms with E-state index in [4.69, 9.17) is 5.11 Å². The van der Waals surface area contributed by atoms with Crippen LogP contribution in [-0.2, 0) is 12.8 Å². The first kappa shape index (κ1) is 43.2. The molecular formula is C38H58CaO6. The minimum absolute atomic E-state index is 0. The second-order valence-corrected chi connectivity index (χ2v) is 12.1. The quantitative estimate of drug-likeness (QED) is 0.0866. The van der Waals surface area contributed by atoms with E-state index in [-0.39, 0.29) is 54.6 Å². The molecule has 0 atom stereocenters. The van der Waals surface area contributed by atoms with Gasteiger partial charge in [-0.05, 0) is 54.5 Å². The van der Waals surface area contributed by atoms with Gasteiger partial charge in [-0.1, -0.05) is 159 Å². The summed E-state index contributed by atoms with van der Waals surface area (Å²) >= 11 is 0. The van der Waals surface area contributed by atoms with E-state index >= 15 is 0 Å². The number of unbranched alkanes of at least 4 members (excludes halogenated alkanes) is 18. The van der Waals surface area contributed by atoms with Crippen molar-refractivity contribution in [3.8, 4) is 11.5 Å². The van der Waals surface area contributed by atoms with Gasteiger partial charge in [0.1, 0.15) is 11.3 Å². The van der Waals surface area contributed by atoms with Crippen molar-refractivity contribution in [1.82, 2.24) is 0 Å². The molecule has 0 aliphatic carbocycles. The van der Waals surface area contributed by atoms with Gasteiger partial charge in [0.2, 0.25) is 0 Å². The molecule has 0 aliphatic heterocycles. The number of aromatic carboxylic acids is 2. The van der Waals surface area contributed by atoms with Crippen molar-refractivity contribution in [1.29, 1.82) is 0 Å². The molecule has 2 rings (SSSR count). The molecule has 0 aromatic heterocycles. The maximum Gasteiger partial charge on any atom is 2.00 e. The van der Waals surface area contributed by atoms with Gasteiger partial charge in [-0.2, -0.15) is 0 Å². The van der Waals surface area contributed by atoms with Gasteiger partial charge in [-0.15, -0.1) is 0 Å². The van der Waals surface area contributed by atoms with E-state index in [0.29, 0.717) is 0 Å². The number of aryl methyl sites for hydroxylation is 2. The largest absolute Gasteiger partial charge is 2.00 e. The number of carbonyl (C=O) groups is 2. The predicted molar refractivity (Wildman–Crippen MR) is 182 cm³/mol. The molecule has 2 aromatic rings. The van der Waals surface area contributed by atoms with Gasteiger partial charge in [-0.25, -0.2) is 4.79 Å². The van der Waals surface area contributed by atoms with Crippen LogP contribution < -0.4 is 10.2 Å². The van der Waals surface area contributed by atoms with E-state index in [2.05, 4.69) is 13.8 Å². The van der Waals surface area contributed by atoms with Crippen molar-refractivity contribution >= 4 is 49.7 Å². The molecule has 0 bridgehead atoms. The minimum Gasteiger partial charge on any atom is -0.872 e. The second kappa shape index (κ2) is 28.5. The smallest absolute Gasteiger partial charge is 0.872 e. The SMILES string of the molecule is CCCCCCCCCCCCc1ccc(O)c(C(=O)O)c1.CCCCCCCCCCCCc1ccc([O-])c(C(=O)[O-])c1.[Ca+2]. The van der Waals surface area contributed by atoms with E-state index in [1.54, 1.807) is 12.1 Å². The molecule has 2 N–H and O–H groups in total. The van der Waals surface area contributed by atoms with Crippen LogP contribution in [0.2, 0.25) is 0 Å². The summed E-state index contributed by atoms with van der Waals surface area (Å²) in [7, 11) is 0. The van der Waals surface area contributed by atoms with Crippen LogP contribution in [0.1, 0.15) is 174 Å². The van der Waals surface area contributed by atoms with E-state index in [1.165, 1.54) is 127 Å². The van der Waals surface area contributed by atoms with E-state index in [9.17, 15) is 24.9 Å². The summed E-state index contributed by atoms with van der Waals surface area (Å²) in [5.41, 5.74) is 1.70. The predicted octanol–water partition coefficient (Wildman–Crippen LogP) is 8.76. The Morgan fingerprint density at radius 1 is 0.578 bits per heavy atom. The van der Waals surface area contributed by atoms with Gasteiger partial charge < -0.3 is 25.2 Å². The van der Waals surface area contributed by atoms with Crippen LogP contribution in [0.4, 0.5) is 0 Å². The number of hydrogen-bond donors (Lipinski definition) is 2. The number of aromatic hydroxyl groups is 1. The molecule has 2 aromatic carbocycles. The monoisotopic (exact) mass is 650 g/mol. The average molecular weight is 651 g/mol. The topological polar surface area (TPSA) is 121 Å². The third kappa shape index (κ3) is 21.6. The third-order valence-corrected chi connectivity index (χ3v) is 8.19. The molecule has 0 spiro atoms. The van der Waals surface area contributed by atoms with E-state index in [1.807, 2.05) is 6.07 Å². The van der Waals surface area contributed by atoms with Crippen molar-refractivity contribution in [2.45, 2.75) is 155 Å². The van der Waals surface area contributed by atoms with Gasteiger partial charge in [0.15, 0.2) is 0 Å². The zero-order chi connectivity index (χ0) is 32.4. The summed E-state index contributed by atoms with van der Waals surface area (Å²) in [6, 6.07) is 9.40. The van der Waals surface area contributed by atoms with Crippen molar-refractivity contribution in [2.75, 3.05) is 0 Å². The first-order valence-corrected chi connectivity index (χ1v) is 17.4. The normalized spacial score (nSPS) is 10.5. The molecule has 0 aliphatic rings. The zero-order valence-corrected chi connectivity index (χ0v) is 30.5.